The maximum absolute atomic E-state index is 4.34. The van der Waals surface area contributed by atoms with Gasteiger partial charge in [0.2, 0.25) is 0 Å². The van der Waals surface area contributed by atoms with E-state index < -0.39 is 0 Å². The summed E-state index contributed by atoms with van der Waals surface area (Å²) in [5.41, 5.74) is 5.10. The molecule has 0 saturated carbocycles. The Kier molecular flexibility index (Phi) is 4.38. The molecule has 0 bridgehead atoms. The lowest BCUT2D eigenvalue weighted by Gasteiger charge is -2.12. The van der Waals surface area contributed by atoms with Crippen LogP contribution in [-0.2, 0) is 13.1 Å². The quantitative estimate of drug-likeness (QED) is 0.890. The Labute approximate surface area is 115 Å². The van der Waals surface area contributed by atoms with Crippen LogP contribution in [-0.4, -0.2) is 15.8 Å². The first-order valence-electron chi connectivity index (χ1n) is 6.97. The molecule has 1 heterocycles. The predicted octanol–water partition coefficient (Wildman–Crippen LogP) is 3.38. The lowest BCUT2D eigenvalue weighted by molar-refractivity contribution is 0.588. The molecule has 0 aliphatic rings. The van der Waals surface area contributed by atoms with E-state index in [2.05, 4.69) is 62.4 Å². The number of nitrogens with zero attached hydrogens (tertiary/aromatic N) is 2. The maximum Gasteiger partial charge on any atom is 0.0684 e. The standard InChI is InChI=1S/C16H23N3/c1-5-19-16(8-9-18-19)15-7-6-14(10-13(15)4)11-17-12(2)3/h6-10,12,17H,5,11H2,1-4H3. The van der Waals surface area contributed by atoms with E-state index in [-0.39, 0.29) is 0 Å². The van der Waals surface area contributed by atoms with Gasteiger partial charge < -0.3 is 5.32 Å². The molecule has 1 N–H and O–H groups in total. The molecular weight excluding hydrogens is 234 g/mol. The minimum absolute atomic E-state index is 0.515. The smallest absolute Gasteiger partial charge is 0.0684 e. The largest absolute Gasteiger partial charge is 0.310 e. The van der Waals surface area contributed by atoms with Crippen molar-refractivity contribution in [3.8, 4) is 11.3 Å². The van der Waals surface area contributed by atoms with Crippen LogP contribution >= 0.6 is 0 Å². The zero-order valence-corrected chi connectivity index (χ0v) is 12.3. The van der Waals surface area contributed by atoms with Crippen molar-refractivity contribution in [3.63, 3.8) is 0 Å². The SMILES string of the molecule is CCn1nccc1-c1ccc(CNC(C)C)cc1C. The first-order chi connectivity index (χ1) is 9.11. The molecule has 0 unspecified atom stereocenters. The summed E-state index contributed by atoms with van der Waals surface area (Å²) in [6.45, 7) is 10.4. The molecule has 0 atom stereocenters. The molecule has 0 fully saturated rings. The van der Waals surface area contributed by atoms with Crippen LogP contribution in [0.25, 0.3) is 11.3 Å². The fourth-order valence-electron chi connectivity index (χ4n) is 2.26. The van der Waals surface area contributed by atoms with Crippen molar-refractivity contribution in [3.05, 3.63) is 41.6 Å². The van der Waals surface area contributed by atoms with Gasteiger partial charge in [-0.1, -0.05) is 32.0 Å². The summed E-state index contributed by atoms with van der Waals surface area (Å²) >= 11 is 0. The zero-order valence-electron chi connectivity index (χ0n) is 12.3. The van der Waals surface area contributed by atoms with E-state index in [4.69, 9.17) is 0 Å². The third-order valence-electron chi connectivity index (χ3n) is 3.30. The van der Waals surface area contributed by atoms with Gasteiger partial charge in [-0.05, 0) is 31.0 Å². The van der Waals surface area contributed by atoms with Crippen LogP contribution in [0.2, 0.25) is 0 Å². The van der Waals surface area contributed by atoms with Crippen LogP contribution in [0.3, 0.4) is 0 Å². The highest BCUT2D eigenvalue weighted by molar-refractivity contribution is 5.64. The molecule has 0 aliphatic carbocycles. The van der Waals surface area contributed by atoms with E-state index in [1.54, 1.807) is 0 Å². The van der Waals surface area contributed by atoms with Crippen LogP contribution in [0.15, 0.2) is 30.5 Å². The molecule has 0 spiro atoms. The molecule has 0 amide bonds. The van der Waals surface area contributed by atoms with Gasteiger partial charge in [0.1, 0.15) is 0 Å². The fraction of sp³-hybridized carbons (Fsp3) is 0.438. The molecule has 1 aromatic heterocycles. The second-order valence-electron chi connectivity index (χ2n) is 5.22. The first-order valence-corrected chi connectivity index (χ1v) is 6.97. The molecule has 0 radical (unpaired) electrons. The van der Waals surface area contributed by atoms with E-state index in [0.29, 0.717) is 6.04 Å². The van der Waals surface area contributed by atoms with E-state index in [0.717, 1.165) is 13.1 Å². The Morgan fingerprint density at radius 1 is 1.26 bits per heavy atom. The molecule has 2 rings (SSSR count). The van der Waals surface area contributed by atoms with Crippen LogP contribution in [0.5, 0.6) is 0 Å². The molecule has 0 aliphatic heterocycles. The monoisotopic (exact) mass is 257 g/mol. The highest BCUT2D eigenvalue weighted by Gasteiger charge is 2.07. The number of hydrogen-bond donors (Lipinski definition) is 1. The Bertz CT molecular complexity index is 541. The van der Waals surface area contributed by atoms with Gasteiger partial charge in [0.25, 0.3) is 0 Å². The van der Waals surface area contributed by atoms with Crippen molar-refractivity contribution >= 4 is 0 Å². The van der Waals surface area contributed by atoms with Gasteiger partial charge in [-0.25, -0.2) is 0 Å². The Morgan fingerprint density at radius 3 is 2.68 bits per heavy atom. The third-order valence-corrected chi connectivity index (χ3v) is 3.30. The molecule has 102 valence electrons. The summed E-state index contributed by atoms with van der Waals surface area (Å²) in [4.78, 5) is 0. The maximum atomic E-state index is 4.34. The number of aryl methyl sites for hydroxylation is 2. The fourth-order valence-corrected chi connectivity index (χ4v) is 2.26. The number of hydrogen-bond acceptors (Lipinski definition) is 2. The van der Waals surface area contributed by atoms with Gasteiger partial charge in [0.05, 0.1) is 5.69 Å². The Balaban J connectivity index is 2.24. The minimum Gasteiger partial charge on any atom is -0.310 e. The summed E-state index contributed by atoms with van der Waals surface area (Å²) in [6.07, 6.45) is 1.87. The average Bonchev–Trinajstić information content (AvgIpc) is 2.84. The number of benzene rings is 1. The minimum atomic E-state index is 0.515. The van der Waals surface area contributed by atoms with Crippen LogP contribution in [0, 0.1) is 6.92 Å². The van der Waals surface area contributed by atoms with E-state index in [1.165, 1.54) is 22.4 Å². The van der Waals surface area contributed by atoms with Crippen molar-refractivity contribution < 1.29 is 0 Å². The normalized spacial score (nSPS) is 11.2. The number of aromatic nitrogens is 2. The molecule has 3 nitrogen and oxygen atoms in total. The van der Waals surface area contributed by atoms with E-state index in [9.17, 15) is 0 Å². The van der Waals surface area contributed by atoms with Gasteiger partial charge in [0.15, 0.2) is 0 Å². The van der Waals surface area contributed by atoms with Gasteiger partial charge in [-0.3, -0.25) is 4.68 Å². The van der Waals surface area contributed by atoms with Crippen molar-refractivity contribution in [2.75, 3.05) is 0 Å². The molecular formula is C16H23N3. The molecule has 3 heteroatoms. The summed E-state index contributed by atoms with van der Waals surface area (Å²) in [7, 11) is 0. The topological polar surface area (TPSA) is 29.9 Å². The number of nitrogens with one attached hydrogen (secondary N) is 1. The van der Waals surface area contributed by atoms with Crippen molar-refractivity contribution in [1.82, 2.24) is 15.1 Å². The van der Waals surface area contributed by atoms with Gasteiger partial charge in [-0.15, -0.1) is 0 Å². The summed E-state index contributed by atoms with van der Waals surface area (Å²) in [5, 5.41) is 7.79. The molecule has 1 aromatic carbocycles. The summed E-state index contributed by atoms with van der Waals surface area (Å²) in [6, 6.07) is 9.26. The second-order valence-corrected chi connectivity index (χ2v) is 5.22. The van der Waals surface area contributed by atoms with Crippen molar-refractivity contribution in [2.45, 2.75) is 46.8 Å². The number of rotatable bonds is 5. The van der Waals surface area contributed by atoms with Gasteiger partial charge in [0, 0.05) is 30.9 Å². The summed E-state index contributed by atoms with van der Waals surface area (Å²) < 4.78 is 2.04. The zero-order chi connectivity index (χ0) is 13.8. The van der Waals surface area contributed by atoms with Crippen LogP contribution in [0.4, 0.5) is 0 Å². The predicted molar refractivity (Wildman–Crippen MR) is 80.0 cm³/mol. The van der Waals surface area contributed by atoms with Crippen molar-refractivity contribution in [1.29, 1.82) is 0 Å². The third kappa shape index (κ3) is 3.24. The first kappa shape index (κ1) is 13.8. The van der Waals surface area contributed by atoms with Crippen molar-refractivity contribution in [2.24, 2.45) is 0 Å². The lowest BCUT2D eigenvalue weighted by atomic mass is 10.0. The second kappa shape index (κ2) is 6.02. The van der Waals surface area contributed by atoms with Gasteiger partial charge in [-0.2, -0.15) is 5.10 Å². The van der Waals surface area contributed by atoms with Gasteiger partial charge >= 0.3 is 0 Å². The van der Waals surface area contributed by atoms with E-state index in [1.807, 2.05) is 10.9 Å². The average molecular weight is 257 g/mol. The highest BCUT2D eigenvalue weighted by atomic mass is 15.3. The molecule has 2 aromatic rings. The summed E-state index contributed by atoms with van der Waals surface area (Å²) in [5.74, 6) is 0. The van der Waals surface area contributed by atoms with Crippen LogP contribution < -0.4 is 5.32 Å². The Morgan fingerprint density at radius 2 is 2.05 bits per heavy atom. The van der Waals surface area contributed by atoms with E-state index >= 15 is 0 Å². The molecule has 0 saturated heterocycles. The van der Waals surface area contributed by atoms with Crippen LogP contribution in [0.1, 0.15) is 31.9 Å². The highest BCUT2D eigenvalue weighted by Crippen LogP contribution is 2.24. The molecule has 19 heavy (non-hydrogen) atoms. The lowest BCUT2D eigenvalue weighted by Crippen LogP contribution is -2.21. The Hall–Kier alpha value is -1.61.